The highest BCUT2D eigenvalue weighted by Gasteiger charge is 2.57. The summed E-state index contributed by atoms with van der Waals surface area (Å²) in [7, 11) is 4.50. The lowest BCUT2D eigenvalue weighted by Gasteiger charge is -2.53. The van der Waals surface area contributed by atoms with Gasteiger partial charge in [-0.05, 0) is 22.6 Å². The summed E-state index contributed by atoms with van der Waals surface area (Å²) in [5, 5.41) is 27.8. The van der Waals surface area contributed by atoms with Crippen LogP contribution in [-0.4, -0.2) is 97.4 Å². The van der Waals surface area contributed by atoms with Crippen molar-refractivity contribution in [2.24, 2.45) is 17.6 Å². The minimum Gasteiger partial charge on any atom is -0.497 e. The number of amides is 2. The monoisotopic (exact) mass is 521 g/mol. The largest absolute Gasteiger partial charge is 0.497 e. The number of hydrogen-bond donors (Lipinski definition) is 2. The predicted molar refractivity (Wildman–Crippen MR) is 126 cm³/mol. The SMILES string of the molecule is CON=C(C(=O)NC1C(=O)N2CC(CSc3nnnn3C)(C(=O)O)CS[C@H]12)c1cccc(OC)c1. The number of benzene rings is 1. The van der Waals surface area contributed by atoms with Crippen LogP contribution in [0.2, 0.25) is 0 Å². The van der Waals surface area contributed by atoms with Gasteiger partial charge in [0.05, 0.1) is 7.11 Å². The fraction of sp³-hybridized carbons (Fsp3) is 0.450. The molecule has 0 bridgehead atoms. The van der Waals surface area contributed by atoms with E-state index < -0.39 is 23.3 Å². The second-order valence-corrected chi connectivity index (χ2v) is 9.98. The van der Waals surface area contributed by atoms with Gasteiger partial charge in [-0.3, -0.25) is 14.4 Å². The molecule has 0 aliphatic carbocycles. The average Bonchev–Trinajstić information content (AvgIpc) is 3.28. The first-order valence-electron chi connectivity index (χ1n) is 10.4. The number of β-lactam (4-membered cyclic amide) rings is 1. The Morgan fingerprint density at radius 1 is 1.40 bits per heavy atom. The van der Waals surface area contributed by atoms with Gasteiger partial charge in [-0.25, -0.2) is 4.68 Å². The molecule has 0 spiro atoms. The van der Waals surface area contributed by atoms with Gasteiger partial charge in [-0.1, -0.05) is 29.1 Å². The number of aliphatic carboxylic acids is 1. The number of thioether (sulfide) groups is 2. The van der Waals surface area contributed by atoms with Crippen LogP contribution in [0, 0.1) is 5.41 Å². The number of nitrogens with zero attached hydrogens (tertiary/aromatic N) is 6. The number of carbonyl (C=O) groups excluding carboxylic acids is 2. The summed E-state index contributed by atoms with van der Waals surface area (Å²) in [5.74, 6) is -0.951. The number of oxime groups is 1. The van der Waals surface area contributed by atoms with Crippen molar-refractivity contribution < 1.29 is 29.1 Å². The molecular formula is C20H23N7O6S2. The molecule has 3 atom stereocenters. The first-order valence-corrected chi connectivity index (χ1v) is 12.4. The van der Waals surface area contributed by atoms with E-state index in [-0.39, 0.29) is 35.0 Å². The molecule has 2 aliphatic rings. The topological polar surface area (TPSA) is 161 Å². The first-order chi connectivity index (χ1) is 16.8. The smallest absolute Gasteiger partial charge is 0.313 e. The number of tetrazole rings is 1. The Kier molecular flexibility index (Phi) is 7.16. The van der Waals surface area contributed by atoms with Crippen LogP contribution in [0.15, 0.2) is 34.6 Å². The summed E-state index contributed by atoms with van der Waals surface area (Å²) in [6.45, 7) is 0.0262. The van der Waals surface area contributed by atoms with Crippen molar-refractivity contribution in [1.29, 1.82) is 0 Å². The zero-order valence-corrected chi connectivity index (χ0v) is 20.7. The van der Waals surface area contributed by atoms with Crippen LogP contribution in [0.4, 0.5) is 0 Å². The lowest BCUT2D eigenvalue weighted by molar-refractivity contribution is -0.157. The van der Waals surface area contributed by atoms with Gasteiger partial charge in [-0.2, -0.15) is 0 Å². The molecule has 35 heavy (non-hydrogen) atoms. The molecule has 2 fully saturated rings. The third kappa shape index (κ3) is 4.77. The number of aromatic nitrogens is 4. The number of carboxylic acid groups (broad SMARTS) is 1. The van der Waals surface area contributed by atoms with Gasteiger partial charge in [0, 0.05) is 30.7 Å². The Balaban J connectivity index is 1.44. The van der Waals surface area contributed by atoms with Crippen molar-refractivity contribution in [2.45, 2.75) is 16.6 Å². The molecule has 1 aromatic carbocycles. The maximum Gasteiger partial charge on any atom is 0.313 e. The summed E-state index contributed by atoms with van der Waals surface area (Å²) in [6, 6.07) is 5.94. The van der Waals surface area contributed by atoms with Gasteiger partial charge in [-0.15, -0.1) is 16.9 Å². The van der Waals surface area contributed by atoms with E-state index >= 15 is 0 Å². The minimum absolute atomic E-state index is 0.00738. The van der Waals surface area contributed by atoms with Crippen molar-refractivity contribution in [2.75, 3.05) is 32.3 Å². The van der Waals surface area contributed by atoms with Gasteiger partial charge in [0.25, 0.3) is 5.91 Å². The van der Waals surface area contributed by atoms with Crippen LogP contribution in [0.1, 0.15) is 5.56 Å². The number of methoxy groups -OCH3 is 1. The third-order valence-corrected chi connectivity index (χ3v) is 8.57. The summed E-state index contributed by atoms with van der Waals surface area (Å²) < 4.78 is 6.66. The zero-order valence-electron chi connectivity index (χ0n) is 19.1. The number of hydrogen-bond acceptors (Lipinski definition) is 11. The molecule has 186 valence electrons. The first kappa shape index (κ1) is 24.8. The second kappa shape index (κ2) is 10.1. The number of carbonyl (C=O) groups is 3. The van der Waals surface area contributed by atoms with Gasteiger partial charge >= 0.3 is 5.97 Å². The van der Waals surface area contributed by atoms with Crippen molar-refractivity contribution >= 4 is 47.0 Å². The quantitative estimate of drug-likeness (QED) is 0.195. The molecule has 13 nitrogen and oxygen atoms in total. The molecule has 2 aliphatic heterocycles. The van der Waals surface area contributed by atoms with E-state index in [1.54, 1.807) is 31.3 Å². The standard InChI is InChI=1S/C20H23N7O6S2/c1-26-19(22-24-25-26)35-10-20(18(30)31)8-27-16(29)14(17(27)34-9-20)21-15(28)13(23-33-3)11-5-4-6-12(7-11)32-2/h4-7,14,17H,8-10H2,1-3H3,(H,21,28)(H,30,31)/t14?,17-,20?/m1/s1. The van der Waals surface area contributed by atoms with Crippen LogP contribution < -0.4 is 10.1 Å². The summed E-state index contributed by atoms with van der Waals surface area (Å²) in [6.07, 6.45) is 0. The highest BCUT2D eigenvalue weighted by atomic mass is 32.2. The van der Waals surface area contributed by atoms with Crippen molar-refractivity contribution in [3.8, 4) is 5.75 Å². The average molecular weight is 522 g/mol. The molecule has 1 aromatic heterocycles. The molecule has 2 N–H and O–H groups in total. The maximum absolute atomic E-state index is 13.0. The maximum atomic E-state index is 13.0. The predicted octanol–water partition coefficient (Wildman–Crippen LogP) is -0.168. The summed E-state index contributed by atoms with van der Waals surface area (Å²) in [5.41, 5.74) is -0.720. The fourth-order valence-electron chi connectivity index (χ4n) is 3.75. The Bertz CT molecular complexity index is 1170. The van der Waals surface area contributed by atoms with Gasteiger partial charge in [0.15, 0.2) is 5.71 Å². The molecule has 4 rings (SSSR count). The molecule has 0 saturated carbocycles. The fourth-order valence-corrected chi connectivity index (χ4v) is 6.46. The highest BCUT2D eigenvalue weighted by Crippen LogP contribution is 2.44. The summed E-state index contributed by atoms with van der Waals surface area (Å²) >= 11 is 2.54. The van der Waals surface area contributed by atoms with Gasteiger partial charge < -0.3 is 24.9 Å². The summed E-state index contributed by atoms with van der Waals surface area (Å²) in [4.78, 5) is 44.4. The van der Waals surface area contributed by atoms with Gasteiger partial charge in [0.2, 0.25) is 11.1 Å². The minimum atomic E-state index is -1.17. The number of rotatable bonds is 9. The molecule has 2 unspecified atom stereocenters. The number of nitrogens with one attached hydrogen (secondary N) is 1. The molecule has 2 amide bonds. The van der Waals surface area contributed by atoms with E-state index in [0.29, 0.717) is 16.5 Å². The zero-order chi connectivity index (χ0) is 25.2. The Hall–Kier alpha value is -3.33. The van der Waals surface area contributed by atoms with Crippen LogP contribution in [0.25, 0.3) is 0 Å². The molecular weight excluding hydrogens is 498 g/mol. The third-order valence-electron chi connectivity index (χ3n) is 5.68. The van der Waals surface area contributed by atoms with Crippen LogP contribution in [0.5, 0.6) is 5.75 Å². The van der Waals surface area contributed by atoms with E-state index in [2.05, 4.69) is 26.0 Å². The highest BCUT2D eigenvalue weighted by molar-refractivity contribution is 8.00. The van der Waals surface area contributed by atoms with Gasteiger partial charge in [0.1, 0.15) is 29.7 Å². The lowest BCUT2D eigenvalue weighted by Crippen LogP contribution is -2.74. The van der Waals surface area contributed by atoms with Crippen molar-refractivity contribution in [1.82, 2.24) is 30.4 Å². The van der Waals surface area contributed by atoms with Crippen molar-refractivity contribution in [3.05, 3.63) is 29.8 Å². The van der Waals surface area contributed by atoms with E-state index in [1.165, 1.54) is 47.3 Å². The van der Waals surface area contributed by atoms with Crippen molar-refractivity contribution in [3.63, 3.8) is 0 Å². The van der Waals surface area contributed by atoms with E-state index in [0.717, 1.165) is 0 Å². The molecule has 2 aromatic rings. The van der Waals surface area contributed by atoms with E-state index in [4.69, 9.17) is 9.57 Å². The molecule has 3 heterocycles. The normalized spacial score (nSPS) is 23.8. The molecule has 2 saturated heterocycles. The van der Waals surface area contributed by atoms with E-state index in [1.807, 2.05) is 0 Å². The van der Waals surface area contributed by atoms with E-state index in [9.17, 15) is 19.5 Å². The number of aryl methyl sites for hydroxylation is 1. The Morgan fingerprint density at radius 3 is 2.86 bits per heavy atom. The van der Waals surface area contributed by atoms with Crippen LogP contribution in [0.3, 0.4) is 0 Å². The molecule has 0 radical (unpaired) electrons. The number of carboxylic acids is 1. The second-order valence-electron chi connectivity index (χ2n) is 7.93. The lowest BCUT2D eigenvalue weighted by atomic mass is 9.89. The molecule has 15 heteroatoms. The Labute approximate surface area is 208 Å². The number of ether oxygens (including phenoxy) is 1. The van der Waals surface area contributed by atoms with Crippen LogP contribution >= 0.6 is 23.5 Å². The van der Waals surface area contributed by atoms with Crippen LogP contribution in [-0.2, 0) is 26.3 Å². The number of fused-ring (bicyclic) bond motifs is 1. The Morgan fingerprint density at radius 2 is 2.20 bits per heavy atom.